The highest BCUT2D eigenvalue weighted by atomic mass is 32.1. The van der Waals surface area contributed by atoms with Gasteiger partial charge < -0.3 is 14.6 Å². The summed E-state index contributed by atoms with van der Waals surface area (Å²) in [6, 6.07) is 1.87. The number of aliphatic hydroxyl groups is 1. The van der Waals surface area contributed by atoms with Crippen LogP contribution < -0.4 is 14.8 Å². The maximum Gasteiger partial charge on any atom is 0.296 e. The first-order valence-electron chi connectivity index (χ1n) is 11.3. The second kappa shape index (κ2) is 10.4. The summed E-state index contributed by atoms with van der Waals surface area (Å²) >= 11 is 1.19. The molecule has 1 aliphatic rings. The van der Waals surface area contributed by atoms with Crippen LogP contribution in [0.5, 0.6) is 10.9 Å². The molecule has 0 bridgehead atoms. The minimum atomic E-state index is -0.343. The molecule has 4 rings (SSSR count). The summed E-state index contributed by atoms with van der Waals surface area (Å²) in [5.74, 6) is 0.600. The number of pyridine rings is 2. The van der Waals surface area contributed by atoms with Gasteiger partial charge >= 0.3 is 0 Å². The second-order valence-corrected chi connectivity index (χ2v) is 9.49. The lowest BCUT2D eigenvalue weighted by molar-refractivity contribution is 0.102. The van der Waals surface area contributed by atoms with E-state index in [0.717, 1.165) is 48.2 Å². The quantitative estimate of drug-likeness (QED) is 0.515. The van der Waals surface area contributed by atoms with Gasteiger partial charge in [-0.05, 0) is 75.3 Å². The molecule has 1 fully saturated rings. The number of nitrogens with one attached hydrogen (secondary N) is 1. The Labute approximate surface area is 202 Å². The summed E-state index contributed by atoms with van der Waals surface area (Å²) in [6.45, 7) is 5.98. The van der Waals surface area contributed by atoms with Crippen LogP contribution in [0.15, 0.2) is 18.5 Å². The fourth-order valence-corrected chi connectivity index (χ4v) is 4.82. The van der Waals surface area contributed by atoms with E-state index in [1.807, 2.05) is 26.8 Å². The SMILES string of the molecule is COc1cnc(C)c(C)c1-c1cc(C)ncc1C(=O)Nc1nnc(O[C@H]2CC[C@H](CO)CC2)s1. The molecule has 0 atom stereocenters. The largest absolute Gasteiger partial charge is 0.494 e. The zero-order chi connectivity index (χ0) is 24.2. The third-order valence-electron chi connectivity index (χ3n) is 6.26. The van der Waals surface area contributed by atoms with Gasteiger partial charge in [0.25, 0.3) is 11.1 Å². The van der Waals surface area contributed by atoms with Crippen molar-refractivity contribution in [3.8, 4) is 22.1 Å². The number of ether oxygens (including phenoxy) is 2. The number of aliphatic hydroxyl groups excluding tert-OH is 1. The van der Waals surface area contributed by atoms with E-state index in [-0.39, 0.29) is 18.6 Å². The number of methoxy groups -OCH3 is 1. The van der Waals surface area contributed by atoms with E-state index >= 15 is 0 Å². The summed E-state index contributed by atoms with van der Waals surface area (Å²) in [6.07, 6.45) is 6.89. The van der Waals surface area contributed by atoms with Crippen LogP contribution in [-0.4, -0.2) is 51.0 Å². The van der Waals surface area contributed by atoms with Crippen LogP contribution in [-0.2, 0) is 0 Å². The normalized spacial score (nSPS) is 17.9. The number of aryl methyl sites for hydroxylation is 2. The molecule has 1 aliphatic carbocycles. The Morgan fingerprint density at radius 3 is 2.62 bits per heavy atom. The minimum Gasteiger partial charge on any atom is -0.494 e. The van der Waals surface area contributed by atoms with Crippen LogP contribution in [0.1, 0.15) is 53.0 Å². The van der Waals surface area contributed by atoms with Crippen molar-refractivity contribution in [2.24, 2.45) is 5.92 Å². The minimum absolute atomic E-state index is 0.0533. The van der Waals surface area contributed by atoms with Crippen molar-refractivity contribution in [2.45, 2.75) is 52.6 Å². The smallest absolute Gasteiger partial charge is 0.296 e. The summed E-state index contributed by atoms with van der Waals surface area (Å²) < 4.78 is 11.5. The monoisotopic (exact) mass is 483 g/mol. The number of hydrogen-bond donors (Lipinski definition) is 2. The highest BCUT2D eigenvalue weighted by Crippen LogP contribution is 2.37. The van der Waals surface area contributed by atoms with Crippen molar-refractivity contribution in [3.63, 3.8) is 0 Å². The molecule has 2 N–H and O–H groups in total. The van der Waals surface area contributed by atoms with Gasteiger partial charge in [-0.25, -0.2) is 0 Å². The van der Waals surface area contributed by atoms with Gasteiger partial charge in [0.1, 0.15) is 11.9 Å². The van der Waals surface area contributed by atoms with Crippen molar-refractivity contribution in [2.75, 3.05) is 19.0 Å². The van der Waals surface area contributed by atoms with Crippen LogP contribution in [0.4, 0.5) is 5.13 Å². The Hall–Kier alpha value is -3.11. The zero-order valence-corrected chi connectivity index (χ0v) is 20.6. The molecule has 9 nitrogen and oxygen atoms in total. The van der Waals surface area contributed by atoms with Crippen molar-refractivity contribution in [3.05, 3.63) is 41.0 Å². The Bertz CT molecular complexity index is 1170. The number of aromatic nitrogens is 4. The van der Waals surface area contributed by atoms with Crippen molar-refractivity contribution >= 4 is 22.4 Å². The van der Waals surface area contributed by atoms with Crippen LogP contribution >= 0.6 is 11.3 Å². The van der Waals surface area contributed by atoms with E-state index in [1.165, 1.54) is 11.3 Å². The number of carbonyl (C=O) groups excluding carboxylic acids is 1. The Morgan fingerprint density at radius 2 is 1.91 bits per heavy atom. The van der Waals surface area contributed by atoms with Crippen LogP contribution in [0, 0.1) is 26.7 Å². The van der Waals surface area contributed by atoms with Crippen molar-refractivity contribution in [1.82, 2.24) is 20.2 Å². The molecule has 34 heavy (non-hydrogen) atoms. The average molecular weight is 484 g/mol. The number of carbonyl (C=O) groups is 1. The van der Waals surface area contributed by atoms with Gasteiger partial charge in [-0.15, -0.1) is 5.10 Å². The lowest BCUT2D eigenvalue weighted by Gasteiger charge is -2.26. The third kappa shape index (κ3) is 5.18. The predicted molar refractivity (Wildman–Crippen MR) is 130 cm³/mol. The lowest BCUT2D eigenvalue weighted by atomic mass is 9.88. The predicted octanol–water partition coefficient (Wildman–Crippen LogP) is 4.11. The Kier molecular flexibility index (Phi) is 7.38. The van der Waals surface area contributed by atoms with Gasteiger partial charge in [-0.2, -0.15) is 0 Å². The summed E-state index contributed by atoms with van der Waals surface area (Å²) in [7, 11) is 1.59. The van der Waals surface area contributed by atoms with E-state index in [9.17, 15) is 9.90 Å². The highest BCUT2D eigenvalue weighted by Gasteiger charge is 2.24. The molecular formula is C24H29N5O4S. The molecular weight excluding hydrogens is 454 g/mol. The van der Waals surface area contributed by atoms with Crippen molar-refractivity contribution < 1.29 is 19.4 Å². The molecule has 0 aliphatic heterocycles. The molecule has 0 radical (unpaired) electrons. The molecule has 0 unspecified atom stereocenters. The van der Waals surface area contributed by atoms with Gasteiger partial charge in [0, 0.05) is 35.3 Å². The van der Waals surface area contributed by atoms with E-state index < -0.39 is 0 Å². The van der Waals surface area contributed by atoms with Gasteiger partial charge in [-0.1, -0.05) is 5.10 Å². The Morgan fingerprint density at radius 1 is 1.15 bits per heavy atom. The molecule has 1 saturated carbocycles. The first-order chi connectivity index (χ1) is 16.4. The fraction of sp³-hybridized carbons (Fsp3) is 0.458. The number of amides is 1. The van der Waals surface area contributed by atoms with Crippen LogP contribution in [0.3, 0.4) is 0 Å². The molecule has 10 heteroatoms. The van der Waals surface area contributed by atoms with Gasteiger partial charge in [-0.3, -0.25) is 20.1 Å². The fourth-order valence-electron chi connectivity index (χ4n) is 4.17. The van der Waals surface area contributed by atoms with E-state index in [2.05, 4.69) is 25.5 Å². The number of nitrogens with zero attached hydrogens (tertiary/aromatic N) is 4. The van der Waals surface area contributed by atoms with Crippen molar-refractivity contribution in [1.29, 1.82) is 0 Å². The van der Waals surface area contributed by atoms with Crippen LogP contribution in [0.2, 0.25) is 0 Å². The van der Waals surface area contributed by atoms with Gasteiger partial charge in [0.15, 0.2) is 0 Å². The molecule has 0 saturated heterocycles. The summed E-state index contributed by atoms with van der Waals surface area (Å²) in [4.78, 5) is 22.0. The lowest BCUT2D eigenvalue weighted by Crippen LogP contribution is -2.25. The van der Waals surface area contributed by atoms with Gasteiger partial charge in [0.05, 0.1) is 18.9 Å². The topological polar surface area (TPSA) is 119 Å². The number of anilines is 1. The number of hydrogen-bond acceptors (Lipinski definition) is 9. The number of rotatable bonds is 7. The summed E-state index contributed by atoms with van der Waals surface area (Å²) in [5, 5.41) is 21.1. The molecule has 180 valence electrons. The molecule has 3 heterocycles. The second-order valence-electron chi connectivity index (χ2n) is 8.55. The molecule has 0 aromatic carbocycles. The zero-order valence-electron chi connectivity index (χ0n) is 19.8. The average Bonchev–Trinajstić information content (AvgIpc) is 3.27. The third-order valence-corrected chi connectivity index (χ3v) is 6.99. The van der Waals surface area contributed by atoms with E-state index in [1.54, 1.807) is 19.5 Å². The first-order valence-corrected chi connectivity index (χ1v) is 12.1. The molecule has 0 spiro atoms. The van der Waals surface area contributed by atoms with E-state index in [4.69, 9.17) is 9.47 Å². The maximum atomic E-state index is 13.3. The maximum absolute atomic E-state index is 13.3. The molecule has 1 amide bonds. The molecule has 3 aromatic heterocycles. The van der Waals surface area contributed by atoms with E-state index in [0.29, 0.717) is 33.1 Å². The molecule has 3 aromatic rings. The Balaban J connectivity index is 1.54. The first kappa shape index (κ1) is 24.0. The van der Waals surface area contributed by atoms with Gasteiger partial charge in [0.2, 0.25) is 5.13 Å². The standard InChI is InChI=1S/C24H29N5O4S/c1-13-9-18(21-14(2)15(3)26-11-20(21)32-4)19(10-25-13)22(31)27-23-28-29-24(34-23)33-17-7-5-16(12-30)6-8-17/h9-11,16-17,30H,5-8,12H2,1-4H3,(H,27,28,31)/t16-,17-. The van der Waals surface area contributed by atoms with Crippen LogP contribution in [0.25, 0.3) is 11.1 Å². The highest BCUT2D eigenvalue weighted by molar-refractivity contribution is 7.17. The summed E-state index contributed by atoms with van der Waals surface area (Å²) in [5.41, 5.74) is 4.50.